The number of carboxylic acids is 2. The lowest BCUT2D eigenvalue weighted by Gasteiger charge is -2.21. The van der Waals surface area contributed by atoms with Crippen molar-refractivity contribution in [3.63, 3.8) is 0 Å². The topological polar surface area (TPSA) is 83.8 Å². The predicted molar refractivity (Wildman–Crippen MR) is 53.4 cm³/mol. The van der Waals surface area contributed by atoms with E-state index in [-0.39, 0.29) is 13.0 Å². The van der Waals surface area contributed by atoms with Gasteiger partial charge in [0.1, 0.15) is 0 Å². The summed E-state index contributed by atoms with van der Waals surface area (Å²) in [6.45, 7) is 3.37. The molecule has 0 radical (unpaired) electrons. The number of aliphatic carboxylic acids is 2. The van der Waals surface area contributed by atoms with Crippen LogP contribution in [0, 0.1) is 5.41 Å². The fourth-order valence-corrected chi connectivity index (χ4v) is 1.05. The van der Waals surface area contributed by atoms with E-state index in [0.29, 0.717) is 0 Å². The van der Waals surface area contributed by atoms with Crippen molar-refractivity contribution in [3.05, 3.63) is 12.3 Å². The van der Waals surface area contributed by atoms with Crippen LogP contribution in [0.15, 0.2) is 12.3 Å². The van der Waals surface area contributed by atoms with E-state index in [9.17, 15) is 9.59 Å². The fourth-order valence-electron chi connectivity index (χ4n) is 1.05. The van der Waals surface area contributed by atoms with Crippen molar-refractivity contribution in [2.45, 2.75) is 26.7 Å². The lowest BCUT2D eigenvalue weighted by molar-refractivity contribution is -0.155. The molecule has 0 fully saturated rings. The van der Waals surface area contributed by atoms with E-state index in [1.807, 2.05) is 0 Å². The van der Waals surface area contributed by atoms with Crippen LogP contribution in [0.1, 0.15) is 26.7 Å². The number of carboxylic acid groups (broad SMARTS) is 2. The number of allylic oxidation sites excluding steroid dienone is 1. The van der Waals surface area contributed by atoms with Gasteiger partial charge in [0.25, 0.3) is 0 Å². The Hall–Kier alpha value is -1.52. The first-order valence-corrected chi connectivity index (χ1v) is 4.60. The largest absolute Gasteiger partial charge is 0.502 e. The predicted octanol–water partition coefficient (Wildman–Crippen LogP) is 1.49. The van der Waals surface area contributed by atoms with E-state index >= 15 is 0 Å². The molecule has 0 aliphatic rings. The average molecular weight is 216 g/mol. The van der Waals surface area contributed by atoms with Crippen LogP contribution in [0.3, 0.4) is 0 Å². The number of ether oxygens (including phenoxy) is 1. The molecule has 0 heterocycles. The molecule has 1 unspecified atom stereocenters. The first kappa shape index (κ1) is 13.5. The Labute approximate surface area is 88.4 Å². The molecule has 0 aromatic heterocycles. The Bertz CT molecular complexity index is 259. The molecule has 0 rings (SSSR count). The van der Waals surface area contributed by atoms with Gasteiger partial charge in [0.05, 0.1) is 24.7 Å². The quantitative estimate of drug-likeness (QED) is 0.497. The van der Waals surface area contributed by atoms with Crippen LogP contribution in [0.25, 0.3) is 0 Å². The third kappa shape index (κ3) is 5.05. The number of hydrogen-bond donors (Lipinski definition) is 2. The summed E-state index contributed by atoms with van der Waals surface area (Å²) in [4.78, 5) is 21.4. The van der Waals surface area contributed by atoms with Gasteiger partial charge in [-0.3, -0.25) is 9.59 Å². The van der Waals surface area contributed by atoms with Crippen molar-refractivity contribution in [1.82, 2.24) is 0 Å². The van der Waals surface area contributed by atoms with E-state index in [4.69, 9.17) is 14.9 Å². The Morgan fingerprint density at radius 1 is 1.40 bits per heavy atom. The Kier molecular flexibility index (Phi) is 5.44. The monoisotopic (exact) mass is 216 g/mol. The number of carbonyl (C=O) groups is 2. The van der Waals surface area contributed by atoms with E-state index < -0.39 is 23.8 Å². The smallest absolute Gasteiger partial charge is 0.310 e. The molecule has 0 bridgehead atoms. The second-order valence-corrected chi connectivity index (χ2v) is 3.53. The first-order chi connectivity index (χ1) is 6.92. The minimum atomic E-state index is -1.27. The van der Waals surface area contributed by atoms with Crippen LogP contribution >= 0.6 is 0 Å². The van der Waals surface area contributed by atoms with Crippen molar-refractivity contribution >= 4 is 11.9 Å². The number of hydrogen-bond acceptors (Lipinski definition) is 3. The maximum atomic E-state index is 10.9. The molecule has 2 N–H and O–H groups in total. The minimum Gasteiger partial charge on any atom is -0.502 e. The molecule has 0 saturated carbocycles. The summed E-state index contributed by atoms with van der Waals surface area (Å²) < 4.78 is 4.97. The van der Waals surface area contributed by atoms with Crippen LogP contribution in [0.5, 0.6) is 0 Å². The zero-order valence-electron chi connectivity index (χ0n) is 8.90. The molecule has 0 aliphatic heterocycles. The van der Waals surface area contributed by atoms with Crippen molar-refractivity contribution in [3.8, 4) is 0 Å². The summed E-state index contributed by atoms with van der Waals surface area (Å²) in [7, 11) is 0. The van der Waals surface area contributed by atoms with Crippen molar-refractivity contribution in [1.29, 1.82) is 0 Å². The third-order valence-corrected chi connectivity index (χ3v) is 2.06. The average Bonchev–Trinajstić information content (AvgIpc) is 2.11. The summed E-state index contributed by atoms with van der Waals surface area (Å²) in [5.41, 5.74) is -1.27. The molecular weight excluding hydrogens is 200 g/mol. The van der Waals surface area contributed by atoms with E-state index in [0.717, 1.165) is 0 Å². The second-order valence-electron chi connectivity index (χ2n) is 3.53. The van der Waals surface area contributed by atoms with Crippen LogP contribution in [0.2, 0.25) is 0 Å². The molecule has 0 aromatic rings. The van der Waals surface area contributed by atoms with Gasteiger partial charge in [0, 0.05) is 0 Å². The lowest BCUT2D eigenvalue weighted by atomic mass is 9.84. The summed E-state index contributed by atoms with van der Waals surface area (Å²) in [5, 5.41) is 17.5. The van der Waals surface area contributed by atoms with Crippen molar-refractivity contribution < 1.29 is 24.5 Å². The van der Waals surface area contributed by atoms with Gasteiger partial charge in [0.2, 0.25) is 0 Å². The summed E-state index contributed by atoms with van der Waals surface area (Å²) in [5.74, 6) is -2.24. The highest BCUT2D eigenvalue weighted by Crippen LogP contribution is 2.26. The third-order valence-electron chi connectivity index (χ3n) is 2.06. The summed E-state index contributed by atoms with van der Waals surface area (Å²) in [6.07, 6.45) is 2.89. The summed E-state index contributed by atoms with van der Waals surface area (Å²) in [6, 6.07) is 0. The molecule has 0 saturated heterocycles. The highest BCUT2D eigenvalue weighted by Gasteiger charge is 2.35. The lowest BCUT2D eigenvalue weighted by Crippen LogP contribution is -2.31. The van der Waals surface area contributed by atoms with E-state index in [1.54, 1.807) is 13.0 Å². The summed E-state index contributed by atoms with van der Waals surface area (Å²) >= 11 is 0. The molecule has 86 valence electrons. The molecule has 0 aromatic carbocycles. The van der Waals surface area contributed by atoms with Gasteiger partial charge in [-0.15, -0.1) is 0 Å². The van der Waals surface area contributed by atoms with Crippen LogP contribution in [-0.4, -0.2) is 28.8 Å². The Morgan fingerprint density at radius 3 is 2.40 bits per heavy atom. The molecule has 0 aliphatic carbocycles. The zero-order valence-corrected chi connectivity index (χ0v) is 8.90. The fraction of sp³-hybridized carbons (Fsp3) is 0.600. The highest BCUT2D eigenvalue weighted by molar-refractivity contribution is 5.80. The first-order valence-electron chi connectivity index (χ1n) is 4.60. The molecule has 1 atom stereocenters. The second kappa shape index (κ2) is 6.06. The zero-order chi connectivity index (χ0) is 11.9. The Morgan fingerprint density at radius 2 is 2.00 bits per heavy atom. The molecule has 5 nitrogen and oxygen atoms in total. The van der Waals surface area contributed by atoms with Gasteiger partial charge in [-0.2, -0.15) is 0 Å². The van der Waals surface area contributed by atoms with Crippen molar-refractivity contribution in [2.24, 2.45) is 5.41 Å². The van der Waals surface area contributed by atoms with Gasteiger partial charge in [-0.1, -0.05) is 6.08 Å². The molecule has 0 amide bonds. The van der Waals surface area contributed by atoms with E-state index in [2.05, 4.69) is 0 Å². The molecular formula is C10H16O5. The standard InChI is InChI=1S/C10H16O5/c1-3-5-15-6-4-10(2,9(13)14)7-8(11)12/h3,5H,4,6-7H2,1-2H3,(H,11,12)(H,13,14). The van der Waals surface area contributed by atoms with E-state index in [1.165, 1.54) is 13.2 Å². The van der Waals surface area contributed by atoms with Gasteiger partial charge in [-0.05, 0) is 20.3 Å². The van der Waals surface area contributed by atoms with Gasteiger partial charge in [0.15, 0.2) is 0 Å². The van der Waals surface area contributed by atoms with Gasteiger partial charge >= 0.3 is 11.9 Å². The normalized spacial score (nSPS) is 14.8. The van der Waals surface area contributed by atoms with Gasteiger partial charge in [-0.25, -0.2) is 0 Å². The molecule has 15 heavy (non-hydrogen) atoms. The molecule has 5 heteroatoms. The molecule has 0 spiro atoms. The number of rotatable bonds is 7. The van der Waals surface area contributed by atoms with Gasteiger partial charge < -0.3 is 14.9 Å². The minimum absolute atomic E-state index is 0.166. The van der Waals surface area contributed by atoms with Crippen LogP contribution in [0.4, 0.5) is 0 Å². The SMILES string of the molecule is CC=COCCC(C)(CC(=O)O)C(=O)O. The van der Waals surface area contributed by atoms with Crippen LogP contribution in [-0.2, 0) is 14.3 Å². The van der Waals surface area contributed by atoms with Crippen LogP contribution < -0.4 is 0 Å². The van der Waals surface area contributed by atoms with Crippen molar-refractivity contribution in [2.75, 3.05) is 6.61 Å². The Balaban J connectivity index is 4.25. The maximum absolute atomic E-state index is 10.9. The highest BCUT2D eigenvalue weighted by atomic mass is 16.5. The maximum Gasteiger partial charge on any atom is 0.310 e.